The monoisotopic (exact) mass is 422 g/mol. The van der Waals surface area contributed by atoms with E-state index in [2.05, 4.69) is 5.32 Å². The van der Waals surface area contributed by atoms with E-state index in [-0.39, 0.29) is 0 Å². The van der Waals surface area contributed by atoms with Crippen molar-refractivity contribution in [2.75, 3.05) is 15.9 Å². The lowest BCUT2D eigenvalue weighted by atomic mass is 10.1. The van der Waals surface area contributed by atoms with Crippen LogP contribution in [0, 0.1) is 6.92 Å². The number of hydrogen-bond acceptors (Lipinski definition) is 4. The molecule has 1 unspecified atom stereocenters. The minimum atomic E-state index is -3.67. The van der Waals surface area contributed by atoms with Crippen molar-refractivity contribution in [2.45, 2.75) is 19.9 Å². The first-order chi connectivity index (χ1) is 14.2. The molecule has 4 aromatic rings. The van der Waals surface area contributed by atoms with Crippen LogP contribution in [0.5, 0.6) is 0 Å². The van der Waals surface area contributed by atoms with Gasteiger partial charge < -0.3 is 9.73 Å². The minimum Gasteiger partial charge on any atom is -0.456 e. The number of fused-ring (bicyclic) bond motifs is 3. The first-order valence-electron chi connectivity index (χ1n) is 9.52. The van der Waals surface area contributed by atoms with E-state index in [1.54, 1.807) is 31.2 Å². The highest BCUT2D eigenvalue weighted by Gasteiger charge is 2.29. The number of sulfonamides is 1. The average molecular weight is 423 g/mol. The lowest BCUT2D eigenvalue weighted by molar-refractivity contribution is -0.116. The van der Waals surface area contributed by atoms with Crippen molar-refractivity contribution in [3.63, 3.8) is 0 Å². The zero-order valence-electron chi connectivity index (χ0n) is 16.9. The number of benzene rings is 3. The second-order valence-electron chi connectivity index (χ2n) is 7.37. The molecule has 3 aromatic carbocycles. The standard InChI is InChI=1S/C23H22N2O4S/c1-15-8-11-18(12-9-15)25(30(3,27)28)16(2)23(26)24-17-10-13-20-19-6-4-5-7-21(19)29-22(20)14-17/h4-14,16H,1-3H3,(H,24,26). The molecule has 0 radical (unpaired) electrons. The van der Waals surface area contributed by atoms with Gasteiger partial charge in [0.1, 0.15) is 17.2 Å². The van der Waals surface area contributed by atoms with Crippen LogP contribution >= 0.6 is 0 Å². The predicted octanol–water partition coefficient (Wildman–Crippen LogP) is 4.69. The number of para-hydroxylation sites is 1. The molecule has 1 N–H and O–H groups in total. The Balaban J connectivity index is 1.62. The molecule has 154 valence electrons. The lowest BCUT2D eigenvalue weighted by Gasteiger charge is -2.28. The number of amides is 1. The summed E-state index contributed by atoms with van der Waals surface area (Å²) in [5.74, 6) is -0.434. The largest absolute Gasteiger partial charge is 0.456 e. The Hall–Kier alpha value is -3.32. The number of carbonyl (C=O) groups is 1. The Morgan fingerprint density at radius 1 is 0.967 bits per heavy atom. The summed E-state index contributed by atoms with van der Waals surface area (Å²) in [6.07, 6.45) is 1.09. The topological polar surface area (TPSA) is 79.6 Å². The van der Waals surface area contributed by atoms with E-state index in [9.17, 15) is 13.2 Å². The smallest absolute Gasteiger partial charge is 0.247 e. The lowest BCUT2D eigenvalue weighted by Crippen LogP contribution is -2.45. The second kappa shape index (κ2) is 7.50. The Kier molecular flexibility index (Phi) is 4.99. The van der Waals surface area contributed by atoms with Gasteiger partial charge in [-0.05, 0) is 44.2 Å². The van der Waals surface area contributed by atoms with Crippen molar-refractivity contribution in [3.8, 4) is 0 Å². The summed E-state index contributed by atoms with van der Waals surface area (Å²) in [6, 6.07) is 19.2. The molecule has 0 aliphatic carbocycles. The highest BCUT2D eigenvalue weighted by atomic mass is 32.2. The summed E-state index contributed by atoms with van der Waals surface area (Å²) >= 11 is 0. The van der Waals surface area contributed by atoms with Gasteiger partial charge in [0.2, 0.25) is 15.9 Å². The molecule has 0 saturated carbocycles. The molecule has 1 aromatic heterocycles. The van der Waals surface area contributed by atoms with E-state index in [4.69, 9.17) is 4.42 Å². The van der Waals surface area contributed by atoms with Crippen molar-refractivity contribution in [1.29, 1.82) is 0 Å². The maximum absolute atomic E-state index is 12.9. The van der Waals surface area contributed by atoms with Crippen LogP contribution in [0.2, 0.25) is 0 Å². The molecule has 7 heteroatoms. The molecule has 4 rings (SSSR count). The zero-order chi connectivity index (χ0) is 21.5. The molecule has 30 heavy (non-hydrogen) atoms. The van der Waals surface area contributed by atoms with Crippen molar-refractivity contribution < 1.29 is 17.6 Å². The number of nitrogens with one attached hydrogen (secondary N) is 1. The van der Waals surface area contributed by atoms with Crippen LogP contribution in [-0.2, 0) is 14.8 Å². The third kappa shape index (κ3) is 3.76. The second-order valence-corrected chi connectivity index (χ2v) is 9.23. The molecule has 6 nitrogen and oxygen atoms in total. The quantitative estimate of drug-likeness (QED) is 0.506. The number of carbonyl (C=O) groups excluding carboxylic acids is 1. The summed E-state index contributed by atoms with van der Waals surface area (Å²) in [5, 5.41) is 4.76. The Labute approximate surface area is 175 Å². The van der Waals surface area contributed by atoms with Gasteiger partial charge in [0.15, 0.2) is 0 Å². The molecule has 0 bridgehead atoms. The SMILES string of the molecule is Cc1ccc(N(C(C)C(=O)Nc2ccc3c(c2)oc2ccccc23)S(C)(=O)=O)cc1. The molecular formula is C23H22N2O4S. The van der Waals surface area contributed by atoms with E-state index in [1.807, 2.05) is 49.4 Å². The Morgan fingerprint density at radius 2 is 1.63 bits per heavy atom. The fraction of sp³-hybridized carbons (Fsp3) is 0.174. The van der Waals surface area contributed by atoms with E-state index >= 15 is 0 Å². The van der Waals surface area contributed by atoms with Gasteiger partial charge in [0.05, 0.1) is 11.9 Å². The Morgan fingerprint density at radius 3 is 2.33 bits per heavy atom. The molecule has 1 atom stereocenters. The molecule has 0 aliphatic rings. The van der Waals surface area contributed by atoms with Gasteiger partial charge in [-0.2, -0.15) is 0 Å². The first kappa shape index (κ1) is 20.0. The maximum atomic E-state index is 12.9. The predicted molar refractivity (Wildman–Crippen MR) is 120 cm³/mol. The van der Waals surface area contributed by atoms with Crippen molar-refractivity contribution in [3.05, 3.63) is 72.3 Å². The summed E-state index contributed by atoms with van der Waals surface area (Å²) < 4.78 is 31.8. The highest BCUT2D eigenvalue weighted by molar-refractivity contribution is 7.92. The van der Waals surface area contributed by atoms with E-state index < -0.39 is 22.0 Å². The fourth-order valence-electron chi connectivity index (χ4n) is 3.55. The molecule has 0 fully saturated rings. The van der Waals surface area contributed by atoms with Gasteiger partial charge in [-0.25, -0.2) is 8.42 Å². The maximum Gasteiger partial charge on any atom is 0.247 e. The van der Waals surface area contributed by atoms with Crippen molar-refractivity contribution in [1.82, 2.24) is 0 Å². The van der Waals surface area contributed by atoms with Crippen molar-refractivity contribution >= 4 is 49.2 Å². The van der Waals surface area contributed by atoms with Gasteiger partial charge in [-0.1, -0.05) is 35.9 Å². The van der Waals surface area contributed by atoms with Crippen LogP contribution < -0.4 is 9.62 Å². The van der Waals surface area contributed by atoms with Gasteiger partial charge in [-0.15, -0.1) is 0 Å². The average Bonchev–Trinajstić information content (AvgIpc) is 3.06. The first-order valence-corrected chi connectivity index (χ1v) is 11.4. The normalized spacial score (nSPS) is 12.8. The van der Waals surface area contributed by atoms with Gasteiger partial charge >= 0.3 is 0 Å². The highest BCUT2D eigenvalue weighted by Crippen LogP contribution is 2.30. The van der Waals surface area contributed by atoms with Gasteiger partial charge in [-0.3, -0.25) is 9.10 Å². The van der Waals surface area contributed by atoms with E-state index in [1.165, 1.54) is 0 Å². The number of anilines is 2. The molecule has 1 amide bonds. The van der Waals surface area contributed by atoms with Crippen molar-refractivity contribution in [2.24, 2.45) is 0 Å². The van der Waals surface area contributed by atoms with Crippen LogP contribution in [0.15, 0.2) is 71.1 Å². The third-order valence-electron chi connectivity index (χ3n) is 5.02. The summed E-state index contributed by atoms with van der Waals surface area (Å²) in [6.45, 7) is 3.48. The molecule has 0 saturated heterocycles. The Bertz CT molecular complexity index is 1340. The zero-order valence-corrected chi connectivity index (χ0v) is 17.7. The summed E-state index contributed by atoms with van der Waals surface area (Å²) in [7, 11) is -3.67. The van der Waals surface area contributed by atoms with Gasteiger partial charge in [0.25, 0.3) is 0 Å². The number of furan rings is 1. The number of hydrogen-bond donors (Lipinski definition) is 1. The van der Waals surface area contributed by atoms with E-state index in [0.29, 0.717) is 17.0 Å². The number of rotatable bonds is 5. The number of nitrogens with zero attached hydrogens (tertiary/aromatic N) is 1. The molecule has 0 spiro atoms. The van der Waals surface area contributed by atoms with E-state index in [0.717, 1.165) is 32.5 Å². The van der Waals surface area contributed by atoms with Crippen LogP contribution in [0.25, 0.3) is 21.9 Å². The summed E-state index contributed by atoms with van der Waals surface area (Å²) in [4.78, 5) is 12.9. The van der Waals surface area contributed by atoms with Crippen LogP contribution in [0.4, 0.5) is 11.4 Å². The molecule has 1 heterocycles. The molecule has 0 aliphatic heterocycles. The minimum absolute atomic E-state index is 0.434. The van der Waals surface area contributed by atoms with Crippen LogP contribution in [0.3, 0.4) is 0 Å². The van der Waals surface area contributed by atoms with Crippen LogP contribution in [0.1, 0.15) is 12.5 Å². The number of aryl methyl sites for hydroxylation is 1. The third-order valence-corrected chi connectivity index (χ3v) is 6.26. The summed E-state index contributed by atoms with van der Waals surface area (Å²) in [5.41, 5.74) is 3.41. The van der Waals surface area contributed by atoms with Crippen LogP contribution in [-0.4, -0.2) is 26.6 Å². The van der Waals surface area contributed by atoms with Gasteiger partial charge in [0, 0.05) is 22.5 Å². The molecular weight excluding hydrogens is 400 g/mol. The fourth-order valence-corrected chi connectivity index (χ4v) is 4.73.